The summed E-state index contributed by atoms with van der Waals surface area (Å²) in [7, 11) is -2.65. The predicted molar refractivity (Wildman–Crippen MR) is 78.0 cm³/mol. The molecule has 1 amide bonds. The van der Waals surface area contributed by atoms with Crippen LogP contribution >= 0.6 is 0 Å². The second kappa shape index (κ2) is 6.69. The van der Waals surface area contributed by atoms with E-state index in [4.69, 9.17) is 0 Å². The summed E-state index contributed by atoms with van der Waals surface area (Å²) in [5.41, 5.74) is -5.38. The minimum atomic E-state index is -4.72. The number of amides is 1. The van der Waals surface area contributed by atoms with Crippen molar-refractivity contribution in [1.82, 2.24) is 0 Å². The van der Waals surface area contributed by atoms with Crippen molar-refractivity contribution >= 4 is 22.3 Å². The lowest BCUT2D eigenvalue weighted by Crippen LogP contribution is -2.17. The number of alkyl halides is 3. The van der Waals surface area contributed by atoms with Gasteiger partial charge in [-0.3, -0.25) is 14.9 Å². The maximum Gasteiger partial charge on any atom is 0.457 e. The highest BCUT2D eigenvalue weighted by Crippen LogP contribution is 2.29. The Morgan fingerprint density at radius 2 is 1.74 bits per heavy atom. The van der Waals surface area contributed by atoms with Gasteiger partial charge in [0.2, 0.25) is 0 Å². The third kappa shape index (κ3) is 4.22. The molecule has 2 rings (SSSR count). The van der Waals surface area contributed by atoms with E-state index in [2.05, 4.69) is 4.36 Å². The number of carbonyl (C=O) groups is 1. The molecule has 0 bridgehead atoms. The Morgan fingerprint density at radius 3 is 2.30 bits per heavy atom. The van der Waals surface area contributed by atoms with E-state index in [9.17, 15) is 28.1 Å². The molecule has 5 nitrogen and oxygen atoms in total. The van der Waals surface area contributed by atoms with Gasteiger partial charge >= 0.3 is 5.51 Å². The summed E-state index contributed by atoms with van der Waals surface area (Å²) < 4.78 is 42.7. The molecule has 0 aliphatic rings. The number of halogens is 3. The van der Waals surface area contributed by atoms with E-state index >= 15 is 0 Å². The second-order valence-electron chi connectivity index (χ2n) is 4.25. The van der Waals surface area contributed by atoms with Gasteiger partial charge in [-0.2, -0.15) is 17.5 Å². The summed E-state index contributed by atoms with van der Waals surface area (Å²) in [6, 6.07) is 11.2. The van der Waals surface area contributed by atoms with Gasteiger partial charge in [-0.1, -0.05) is 24.3 Å². The lowest BCUT2D eigenvalue weighted by atomic mass is 10.2. The Bertz CT molecular complexity index is 776. The van der Waals surface area contributed by atoms with Gasteiger partial charge in [-0.25, -0.2) is 0 Å². The summed E-state index contributed by atoms with van der Waals surface area (Å²) in [5, 5.41) is 10.7. The lowest BCUT2D eigenvalue weighted by molar-refractivity contribution is -0.384. The third-order valence-corrected chi connectivity index (χ3v) is 4.17. The molecule has 9 heteroatoms. The average molecular weight is 342 g/mol. The van der Waals surface area contributed by atoms with Crippen molar-refractivity contribution in [3.05, 3.63) is 70.3 Å². The molecule has 0 spiro atoms. The van der Waals surface area contributed by atoms with E-state index in [1.807, 2.05) is 0 Å². The van der Waals surface area contributed by atoms with Crippen LogP contribution in [-0.4, -0.2) is 16.3 Å². The van der Waals surface area contributed by atoms with Gasteiger partial charge in [0, 0.05) is 33.3 Å². The fourth-order valence-electron chi connectivity index (χ4n) is 1.68. The van der Waals surface area contributed by atoms with E-state index in [-0.39, 0.29) is 10.5 Å². The molecule has 2 aromatic carbocycles. The number of rotatable bonds is 3. The largest absolute Gasteiger partial charge is 0.457 e. The molecule has 0 saturated carbocycles. The van der Waals surface area contributed by atoms with Crippen molar-refractivity contribution in [1.29, 1.82) is 0 Å². The van der Waals surface area contributed by atoms with Gasteiger partial charge in [0.05, 0.1) is 4.92 Å². The van der Waals surface area contributed by atoms with Crippen molar-refractivity contribution in [3.8, 4) is 0 Å². The maximum atomic E-state index is 13.1. The highest BCUT2D eigenvalue weighted by Gasteiger charge is 2.36. The van der Waals surface area contributed by atoms with E-state index in [0.717, 1.165) is 12.1 Å². The number of nitrogens with zero attached hydrogens (tertiary/aromatic N) is 2. The zero-order valence-electron chi connectivity index (χ0n) is 11.4. The zero-order valence-corrected chi connectivity index (χ0v) is 12.2. The number of non-ortho nitro benzene ring substituents is 1. The molecule has 0 aliphatic carbocycles. The number of nitro benzene ring substituents is 1. The molecule has 0 radical (unpaired) electrons. The first kappa shape index (κ1) is 16.8. The Morgan fingerprint density at radius 1 is 1.09 bits per heavy atom. The Hall–Kier alpha value is -2.55. The molecule has 0 fully saturated rings. The SMILES string of the molecule is O=C(N=S(c1ccccc1)C(F)(F)F)c1cccc([N+](=O)[O-])c1. The first-order valence-electron chi connectivity index (χ1n) is 6.16. The molecule has 0 N–H and O–H groups in total. The summed E-state index contributed by atoms with van der Waals surface area (Å²) in [6.45, 7) is 0. The van der Waals surface area contributed by atoms with Crippen molar-refractivity contribution < 1.29 is 22.9 Å². The minimum Gasteiger partial charge on any atom is -0.266 e. The summed E-state index contributed by atoms with van der Waals surface area (Å²) in [5.74, 6) is -1.15. The topological polar surface area (TPSA) is 72.6 Å². The smallest absolute Gasteiger partial charge is 0.266 e. The monoisotopic (exact) mass is 342 g/mol. The highest BCUT2D eigenvalue weighted by atomic mass is 32.2. The lowest BCUT2D eigenvalue weighted by Gasteiger charge is -2.11. The molecule has 1 unspecified atom stereocenters. The van der Waals surface area contributed by atoms with Gasteiger partial charge in [-0.15, -0.1) is 0 Å². The van der Waals surface area contributed by atoms with Gasteiger partial charge in [0.25, 0.3) is 11.6 Å². The first-order chi connectivity index (χ1) is 10.8. The average Bonchev–Trinajstić information content (AvgIpc) is 2.52. The summed E-state index contributed by atoms with van der Waals surface area (Å²) >= 11 is 0. The van der Waals surface area contributed by atoms with Crippen LogP contribution in [0.4, 0.5) is 18.9 Å². The number of carbonyl (C=O) groups excluding carboxylic acids is 1. The first-order valence-corrected chi connectivity index (χ1v) is 7.34. The number of hydrogen-bond donors (Lipinski definition) is 0. The van der Waals surface area contributed by atoms with Crippen LogP contribution in [0, 0.1) is 10.1 Å². The van der Waals surface area contributed by atoms with E-state index < -0.39 is 32.7 Å². The zero-order chi connectivity index (χ0) is 17.0. The Labute approximate surface area is 131 Å². The summed E-state index contributed by atoms with van der Waals surface area (Å²) in [4.78, 5) is 21.7. The second-order valence-corrected chi connectivity index (χ2v) is 5.93. The van der Waals surface area contributed by atoms with Crippen molar-refractivity contribution in [2.45, 2.75) is 10.4 Å². The molecule has 0 aromatic heterocycles. The predicted octanol–water partition coefficient (Wildman–Crippen LogP) is 4.12. The van der Waals surface area contributed by atoms with Crippen LogP contribution in [0.1, 0.15) is 10.4 Å². The van der Waals surface area contributed by atoms with Crippen LogP contribution in [0.2, 0.25) is 0 Å². The van der Waals surface area contributed by atoms with Crippen LogP contribution in [0.5, 0.6) is 0 Å². The van der Waals surface area contributed by atoms with Gasteiger partial charge in [-0.05, 0) is 18.2 Å². The normalized spacial score (nSPS) is 12.8. The minimum absolute atomic E-state index is 0.154. The molecular weight excluding hydrogens is 333 g/mol. The van der Waals surface area contributed by atoms with Gasteiger partial charge < -0.3 is 0 Å². The fourth-order valence-corrected chi connectivity index (χ4v) is 2.84. The van der Waals surface area contributed by atoms with Crippen molar-refractivity contribution in [2.75, 3.05) is 0 Å². The number of nitro groups is 1. The highest BCUT2D eigenvalue weighted by molar-refractivity contribution is 7.88. The Kier molecular flexibility index (Phi) is 4.89. The molecular formula is C14H9F3N2O3S. The maximum absolute atomic E-state index is 13.1. The molecule has 120 valence electrons. The summed E-state index contributed by atoms with van der Waals surface area (Å²) in [6.07, 6.45) is 0. The van der Waals surface area contributed by atoms with Crippen LogP contribution in [0.3, 0.4) is 0 Å². The molecule has 1 atom stereocenters. The Balaban J connectivity index is 2.45. The van der Waals surface area contributed by atoms with Crippen LogP contribution in [-0.2, 0) is 10.7 Å². The molecule has 0 aliphatic heterocycles. The number of benzene rings is 2. The van der Waals surface area contributed by atoms with Gasteiger partial charge in [0.1, 0.15) is 0 Å². The molecule has 2 aromatic rings. The van der Waals surface area contributed by atoms with Crippen LogP contribution < -0.4 is 0 Å². The fraction of sp³-hybridized carbons (Fsp3) is 0.0714. The number of hydrogen-bond acceptors (Lipinski definition) is 3. The van der Waals surface area contributed by atoms with E-state index in [1.54, 1.807) is 6.07 Å². The van der Waals surface area contributed by atoms with E-state index in [0.29, 0.717) is 0 Å². The van der Waals surface area contributed by atoms with Crippen LogP contribution in [0.15, 0.2) is 63.9 Å². The molecule has 0 heterocycles. The van der Waals surface area contributed by atoms with Gasteiger partial charge in [0.15, 0.2) is 0 Å². The quantitative estimate of drug-likeness (QED) is 0.622. The molecule has 23 heavy (non-hydrogen) atoms. The van der Waals surface area contributed by atoms with Crippen molar-refractivity contribution in [2.24, 2.45) is 4.36 Å². The third-order valence-electron chi connectivity index (χ3n) is 2.66. The molecule has 0 saturated heterocycles. The standard InChI is InChI=1S/C14H9F3N2O3S/c15-14(16,17)23(12-7-2-1-3-8-12)18-13(20)10-5-4-6-11(9-10)19(21)22/h1-9H. The van der Waals surface area contributed by atoms with Crippen LogP contribution in [0.25, 0.3) is 0 Å². The van der Waals surface area contributed by atoms with Crippen molar-refractivity contribution in [3.63, 3.8) is 0 Å². The van der Waals surface area contributed by atoms with E-state index in [1.165, 1.54) is 36.4 Å².